The van der Waals surface area contributed by atoms with Crippen LogP contribution in [0.15, 0.2) is 48.6 Å². The van der Waals surface area contributed by atoms with Gasteiger partial charge in [0.05, 0.1) is 5.69 Å². The van der Waals surface area contributed by atoms with E-state index in [4.69, 9.17) is 0 Å². The van der Waals surface area contributed by atoms with Crippen molar-refractivity contribution in [2.24, 2.45) is 5.41 Å². The lowest BCUT2D eigenvalue weighted by atomic mass is 9.71. The molecule has 0 radical (unpaired) electrons. The third kappa shape index (κ3) is 2.88. The van der Waals surface area contributed by atoms with Gasteiger partial charge in [-0.15, -0.1) is 0 Å². The van der Waals surface area contributed by atoms with Gasteiger partial charge in [-0.2, -0.15) is 5.10 Å². The van der Waals surface area contributed by atoms with Gasteiger partial charge in [0.1, 0.15) is 5.69 Å². The number of likely N-dealkylation sites (tertiary alicyclic amines) is 1. The van der Waals surface area contributed by atoms with Crippen molar-refractivity contribution in [1.82, 2.24) is 15.1 Å². The predicted molar refractivity (Wildman–Crippen MR) is 94.6 cm³/mol. The zero-order chi connectivity index (χ0) is 16.4. The highest BCUT2D eigenvalue weighted by atomic mass is 16.2. The number of aromatic nitrogens is 2. The predicted octanol–water partition coefficient (Wildman–Crippen LogP) is 4.04. The zero-order valence-electron chi connectivity index (χ0n) is 13.9. The minimum Gasteiger partial charge on any atom is -0.337 e. The lowest BCUT2D eigenvalue weighted by Crippen LogP contribution is -2.46. The molecule has 1 aromatic carbocycles. The van der Waals surface area contributed by atoms with Crippen molar-refractivity contribution in [2.45, 2.75) is 32.1 Å². The van der Waals surface area contributed by atoms with E-state index >= 15 is 0 Å². The number of carbonyl (C=O) groups is 1. The number of allylic oxidation sites excluding steroid dienone is 2. The van der Waals surface area contributed by atoms with E-state index in [9.17, 15) is 4.79 Å². The Morgan fingerprint density at radius 2 is 2.04 bits per heavy atom. The maximum atomic E-state index is 12.9. The molecule has 0 saturated carbocycles. The van der Waals surface area contributed by atoms with Crippen LogP contribution in [0, 0.1) is 5.41 Å². The summed E-state index contributed by atoms with van der Waals surface area (Å²) in [5.41, 5.74) is 2.74. The van der Waals surface area contributed by atoms with Gasteiger partial charge in [-0.25, -0.2) is 0 Å². The highest BCUT2D eigenvalue weighted by Gasteiger charge is 2.37. The van der Waals surface area contributed by atoms with E-state index in [1.807, 2.05) is 41.3 Å². The summed E-state index contributed by atoms with van der Waals surface area (Å²) < 4.78 is 0. The minimum atomic E-state index is 0.0818. The number of hydrogen-bond donors (Lipinski definition) is 1. The van der Waals surface area contributed by atoms with E-state index in [0.29, 0.717) is 11.1 Å². The number of rotatable bonds is 2. The Balaban J connectivity index is 1.51. The van der Waals surface area contributed by atoms with E-state index in [-0.39, 0.29) is 5.91 Å². The SMILES string of the molecule is O=C(c1cc(-c2ccccc2)n[nH]1)N1CCC[C@]2(CC=CCC2)C1. The van der Waals surface area contributed by atoms with Crippen molar-refractivity contribution in [3.05, 3.63) is 54.2 Å². The normalized spacial score (nSPS) is 23.6. The summed E-state index contributed by atoms with van der Waals surface area (Å²) in [6.45, 7) is 1.72. The maximum Gasteiger partial charge on any atom is 0.271 e. The number of benzene rings is 1. The van der Waals surface area contributed by atoms with Crippen molar-refractivity contribution < 1.29 is 4.79 Å². The van der Waals surface area contributed by atoms with Gasteiger partial charge in [0.15, 0.2) is 0 Å². The molecule has 1 atom stereocenters. The molecule has 1 N–H and O–H groups in total. The largest absolute Gasteiger partial charge is 0.337 e. The second-order valence-corrected chi connectivity index (χ2v) is 7.08. The fourth-order valence-corrected chi connectivity index (χ4v) is 4.05. The third-order valence-corrected chi connectivity index (χ3v) is 5.39. The first-order valence-electron chi connectivity index (χ1n) is 8.81. The average molecular weight is 321 g/mol. The molecule has 1 aliphatic heterocycles. The monoisotopic (exact) mass is 321 g/mol. The second kappa shape index (κ2) is 6.27. The molecule has 1 saturated heterocycles. The minimum absolute atomic E-state index is 0.0818. The van der Waals surface area contributed by atoms with Crippen molar-refractivity contribution in [3.63, 3.8) is 0 Å². The molecule has 1 amide bonds. The van der Waals surface area contributed by atoms with Crippen LogP contribution in [-0.2, 0) is 0 Å². The van der Waals surface area contributed by atoms with Crippen LogP contribution in [0.3, 0.4) is 0 Å². The Morgan fingerprint density at radius 1 is 1.17 bits per heavy atom. The molecule has 1 aromatic heterocycles. The van der Waals surface area contributed by atoms with Crippen LogP contribution < -0.4 is 0 Å². The molecule has 4 heteroatoms. The number of carbonyl (C=O) groups excluding carboxylic acids is 1. The molecule has 124 valence electrons. The molecular weight excluding hydrogens is 298 g/mol. The molecule has 4 nitrogen and oxygen atoms in total. The highest BCUT2D eigenvalue weighted by Crippen LogP contribution is 2.41. The Hall–Kier alpha value is -2.36. The summed E-state index contributed by atoms with van der Waals surface area (Å²) in [4.78, 5) is 14.9. The average Bonchev–Trinajstić information content (AvgIpc) is 3.13. The van der Waals surface area contributed by atoms with Crippen LogP contribution in [0.2, 0.25) is 0 Å². The molecular formula is C20H23N3O. The molecule has 1 fully saturated rings. The third-order valence-electron chi connectivity index (χ3n) is 5.39. The molecule has 4 rings (SSSR count). The van der Waals surface area contributed by atoms with E-state index in [1.165, 1.54) is 12.8 Å². The summed E-state index contributed by atoms with van der Waals surface area (Å²) >= 11 is 0. The van der Waals surface area contributed by atoms with E-state index in [2.05, 4.69) is 22.3 Å². The number of hydrogen-bond acceptors (Lipinski definition) is 2. The number of H-pyrrole nitrogens is 1. The van der Waals surface area contributed by atoms with Crippen molar-refractivity contribution >= 4 is 5.91 Å². The molecule has 2 aromatic rings. The Morgan fingerprint density at radius 3 is 2.83 bits per heavy atom. The maximum absolute atomic E-state index is 12.9. The van der Waals surface area contributed by atoms with Gasteiger partial charge in [0, 0.05) is 18.7 Å². The molecule has 1 aliphatic carbocycles. The zero-order valence-corrected chi connectivity index (χ0v) is 13.9. The van der Waals surface area contributed by atoms with Gasteiger partial charge in [-0.05, 0) is 43.6 Å². The summed E-state index contributed by atoms with van der Waals surface area (Å²) in [7, 11) is 0. The first kappa shape index (κ1) is 15.2. The first-order valence-corrected chi connectivity index (χ1v) is 8.81. The fraction of sp³-hybridized carbons (Fsp3) is 0.400. The van der Waals surface area contributed by atoms with Crippen molar-refractivity contribution in [2.75, 3.05) is 13.1 Å². The quantitative estimate of drug-likeness (QED) is 0.849. The lowest BCUT2D eigenvalue weighted by Gasteiger charge is -2.43. The van der Waals surface area contributed by atoms with Gasteiger partial charge in [-0.1, -0.05) is 42.5 Å². The van der Waals surface area contributed by atoms with Gasteiger partial charge >= 0.3 is 0 Å². The standard InChI is InChI=1S/C20H23N3O/c24-19(18-14-17(21-22-18)16-8-3-1-4-9-16)23-13-7-12-20(15-23)10-5-2-6-11-20/h1-5,8-9,14H,6-7,10-13,15H2,(H,21,22)/t20-/m1/s1. The fourth-order valence-electron chi connectivity index (χ4n) is 4.05. The topological polar surface area (TPSA) is 49.0 Å². The van der Waals surface area contributed by atoms with Crippen molar-refractivity contribution in [1.29, 1.82) is 0 Å². The second-order valence-electron chi connectivity index (χ2n) is 7.08. The Labute approximate surface area is 142 Å². The van der Waals surface area contributed by atoms with Crippen LogP contribution in [0.4, 0.5) is 0 Å². The van der Waals surface area contributed by atoms with Crippen LogP contribution in [0.1, 0.15) is 42.6 Å². The molecule has 0 bridgehead atoms. The Kier molecular flexibility index (Phi) is 3.97. The highest BCUT2D eigenvalue weighted by molar-refractivity contribution is 5.93. The smallest absolute Gasteiger partial charge is 0.271 e. The number of nitrogens with zero attached hydrogens (tertiary/aromatic N) is 2. The number of amides is 1. The van der Waals surface area contributed by atoms with Crippen LogP contribution in [0.25, 0.3) is 11.3 Å². The van der Waals surface area contributed by atoms with E-state index in [1.54, 1.807) is 0 Å². The molecule has 2 heterocycles. The summed E-state index contributed by atoms with van der Waals surface area (Å²) in [5, 5.41) is 7.26. The van der Waals surface area contributed by atoms with E-state index in [0.717, 1.165) is 43.6 Å². The Bertz CT molecular complexity index is 749. The number of nitrogens with one attached hydrogen (secondary N) is 1. The van der Waals surface area contributed by atoms with Gasteiger partial charge in [-0.3, -0.25) is 9.89 Å². The van der Waals surface area contributed by atoms with Crippen molar-refractivity contribution in [3.8, 4) is 11.3 Å². The molecule has 0 unspecified atom stereocenters. The van der Waals surface area contributed by atoms with Crippen LogP contribution >= 0.6 is 0 Å². The molecule has 24 heavy (non-hydrogen) atoms. The summed E-state index contributed by atoms with van der Waals surface area (Å²) in [6.07, 6.45) is 10.3. The number of aromatic amines is 1. The van der Waals surface area contributed by atoms with Crippen LogP contribution in [-0.4, -0.2) is 34.1 Å². The first-order chi connectivity index (χ1) is 11.8. The summed E-state index contributed by atoms with van der Waals surface area (Å²) in [6, 6.07) is 11.8. The van der Waals surface area contributed by atoms with Gasteiger partial charge in [0.25, 0.3) is 5.91 Å². The molecule has 1 spiro atoms. The van der Waals surface area contributed by atoms with E-state index < -0.39 is 0 Å². The number of piperidine rings is 1. The molecule has 2 aliphatic rings. The summed E-state index contributed by atoms with van der Waals surface area (Å²) in [5.74, 6) is 0.0818. The van der Waals surface area contributed by atoms with Crippen LogP contribution in [0.5, 0.6) is 0 Å². The van der Waals surface area contributed by atoms with Gasteiger partial charge in [0.2, 0.25) is 0 Å². The van der Waals surface area contributed by atoms with Gasteiger partial charge < -0.3 is 4.90 Å². The lowest BCUT2D eigenvalue weighted by molar-refractivity contribution is 0.0479.